The van der Waals surface area contributed by atoms with Gasteiger partial charge in [-0.15, -0.1) is 5.10 Å². The summed E-state index contributed by atoms with van der Waals surface area (Å²) in [7, 11) is 3.15. The van der Waals surface area contributed by atoms with Crippen LogP contribution in [0.4, 0.5) is 11.6 Å². The fraction of sp³-hybridized carbons (Fsp3) is 0.188. The number of fused-ring (bicyclic) bond motifs is 1. The van der Waals surface area contributed by atoms with Gasteiger partial charge in [0.15, 0.2) is 22.8 Å². The standard InChI is InChI=1S/C16H17N5O4/c1-24-12-6-3-9(7-13(12)25-2)8-18-10-4-5-11(15(22)23)21-14(10)19-16(17)20-21/h3-7,18H,8H2,1-2H3,(H2,17,20)(H,22,23). The van der Waals surface area contributed by atoms with Crippen LogP contribution in [-0.4, -0.2) is 39.9 Å². The molecule has 0 atom stereocenters. The minimum atomic E-state index is -1.11. The summed E-state index contributed by atoms with van der Waals surface area (Å²) >= 11 is 0. The van der Waals surface area contributed by atoms with Gasteiger partial charge in [0, 0.05) is 6.54 Å². The van der Waals surface area contributed by atoms with Gasteiger partial charge in [-0.25, -0.2) is 9.31 Å². The molecular weight excluding hydrogens is 326 g/mol. The minimum Gasteiger partial charge on any atom is -0.493 e. The molecule has 0 amide bonds. The molecule has 3 aromatic rings. The molecule has 25 heavy (non-hydrogen) atoms. The van der Waals surface area contributed by atoms with E-state index >= 15 is 0 Å². The van der Waals surface area contributed by atoms with E-state index in [2.05, 4.69) is 15.4 Å². The first-order valence-electron chi connectivity index (χ1n) is 7.37. The Labute approximate surface area is 143 Å². The Bertz CT molecular complexity index is 938. The summed E-state index contributed by atoms with van der Waals surface area (Å²) in [5, 5.41) is 16.4. The smallest absolute Gasteiger partial charge is 0.354 e. The zero-order valence-corrected chi connectivity index (χ0v) is 13.7. The SMILES string of the molecule is COc1ccc(CNc2ccc(C(=O)O)n3nc(N)nc23)cc1OC. The molecule has 9 heteroatoms. The first kappa shape index (κ1) is 16.4. The van der Waals surface area contributed by atoms with Crippen LogP contribution >= 0.6 is 0 Å². The van der Waals surface area contributed by atoms with Crippen molar-refractivity contribution in [3.8, 4) is 11.5 Å². The maximum Gasteiger partial charge on any atom is 0.354 e. The molecule has 4 N–H and O–H groups in total. The number of nitrogen functional groups attached to an aromatic ring is 1. The van der Waals surface area contributed by atoms with E-state index in [0.29, 0.717) is 29.4 Å². The molecule has 0 fully saturated rings. The number of hydrogen-bond acceptors (Lipinski definition) is 7. The van der Waals surface area contributed by atoms with Crippen molar-refractivity contribution in [2.45, 2.75) is 6.54 Å². The summed E-state index contributed by atoms with van der Waals surface area (Å²) in [6, 6.07) is 8.64. The highest BCUT2D eigenvalue weighted by molar-refractivity contribution is 5.88. The van der Waals surface area contributed by atoms with E-state index in [0.717, 1.165) is 5.56 Å². The Morgan fingerprint density at radius 3 is 2.68 bits per heavy atom. The molecule has 0 aliphatic heterocycles. The second kappa shape index (κ2) is 6.56. The molecule has 0 aliphatic rings. The van der Waals surface area contributed by atoms with Crippen LogP contribution in [-0.2, 0) is 6.54 Å². The number of carboxylic acid groups (broad SMARTS) is 1. The van der Waals surface area contributed by atoms with E-state index in [4.69, 9.17) is 15.2 Å². The third-order valence-corrected chi connectivity index (χ3v) is 3.65. The topological polar surface area (TPSA) is 124 Å². The quantitative estimate of drug-likeness (QED) is 0.617. The van der Waals surface area contributed by atoms with Gasteiger partial charge in [0.2, 0.25) is 5.95 Å². The second-order valence-corrected chi connectivity index (χ2v) is 5.19. The number of methoxy groups -OCH3 is 2. The Morgan fingerprint density at radius 2 is 2.00 bits per heavy atom. The zero-order valence-electron chi connectivity index (χ0n) is 13.7. The normalized spacial score (nSPS) is 10.6. The number of rotatable bonds is 6. The Morgan fingerprint density at radius 1 is 1.24 bits per heavy atom. The maximum atomic E-state index is 11.3. The summed E-state index contributed by atoms with van der Waals surface area (Å²) in [6.07, 6.45) is 0. The van der Waals surface area contributed by atoms with Crippen molar-refractivity contribution in [3.63, 3.8) is 0 Å². The monoisotopic (exact) mass is 343 g/mol. The number of carbonyl (C=O) groups is 1. The maximum absolute atomic E-state index is 11.3. The molecule has 2 heterocycles. The van der Waals surface area contributed by atoms with E-state index in [1.165, 1.54) is 10.6 Å². The number of benzene rings is 1. The number of pyridine rings is 1. The molecule has 0 bridgehead atoms. The third-order valence-electron chi connectivity index (χ3n) is 3.65. The van der Waals surface area contributed by atoms with E-state index < -0.39 is 5.97 Å². The number of aromatic carboxylic acids is 1. The predicted molar refractivity (Wildman–Crippen MR) is 91.2 cm³/mol. The van der Waals surface area contributed by atoms with Crippen molar-refractivity contribution in [2.75, 3.05) is 25.3 Å². The van der Waals surface area contributed by atoms with Crippen LogP contribution in [0.2, 0.25) is 0 Å². The van der Waals surface area contributed by atoms with Crippen LogP contribution in [0.15, 0.2) is 30.3 Å². The molecule has 3 rings (SSSR count). The van der Waals surface area contributed by atoms with Gasteiger partial charge in [0.05, 0.1) is 19.9 Å². The predicted octanol–water partition coefficient (Wildman–Crippen LogP) is 1.64. The summed E-state index contributed by atoms with van der Waals surface area (Å²) < 4.78 is 11.7. The number of aromatic nitrogens is 3. The van der Waals surface area contributed by atoms with Crippen LogP contribution < -0.4 is 20.5 Å². The molecule has 0 saturated carbocycles. The number of carboxylic acids is 1. The van der Waals surface area contributed by atoms with E-state index in [-0.39, 0.29) is 11.6 Å². The van der Waals surface area contributed by atoms with E-state index in [9.17, 15) is 9.90 Å². The summed E-state index contributed by atoms with van der Waals surface area (Å²) in [5.74, 6) is 0.161. The van der Waals surface area contributed by atoms with E-state index in [1.807, 2.05) is 18.2 Å². The average Bonchev–Trinajstić information content (AvgIpc) is 3.00. The molecular formula is C16H17N5O4. The van der Waals surface area contributed by atoms with Crippen LogP contribution in [0, 0.1) is 0 Å². The molecule has 1 aromatic carbocycles. The summed E-state index contributed by atoms with van der Waals surface area (Å²) in [4.78, 5) is 15.4. The van der Waals surface area contributed by atoms with Crippen LogP contribution in [0.5, 0.6) is 11.5 Å². The summed E-state index contributed by atoms with van der Waals surface area (Å²) in [6.45, 7) is 0.467. The van der Waals surface area contributed by atoms with Crippen LogP contribution in [0.3, 0.4) is 0 Å². The number of anilines is 2. The number of ether oxygens (including phenoxy) is 2. The van der Waals surface area contributed by atoms with Gasteiger partial charge in [-0.2, -0.15) is 4.98 Å². The lowest BCUT2D eigenvalue weighted by Gasteiger charge is -2.11. The molecule has 0 unspecified atom stereocenters. The van der Waals surface area contributed by atoms with Crippen molar-refractivity contribution in [3.05, 3.63) is 41.6 Å². The average molecular weight is 343 g/mol. The Hall–Kier alpha value is -3.49. The number of nitrogens with one attached hydrogen (secondary N) is 1. The summed E-state index contributed by atoms with van der Waals surface area (Å²) in [5.41, 5.74) is 7.50. The number of nitrogens with zero attached hydrogens (tertiary/aromatic N) is 3. The lowest BCUT2D eigenvalue weighted by Crippen LogP contribution is -2.09. The van der Waals surface area contributed by atoms with Crippen molar-refractivity contribution in [2.24, 2.45) is 0 Å². The number of hydrogen-bond donors (Lipinski definition) is 3. The van der Waals surface area contributed by atoms with Crippen molar-refractivity contribution in [1.29, 1.82) is 0 Å². The highest BCUT2D eigenvalue weighted by Crippen LogP contribution is 2.28. The van der Waals surface area contributed by atoms with E-state index in [1.54, 1.807) is 20.3 Å². The number of nitrogens with two attached hydrogens (primary N) is 1. The molecule has 9 nitrogen and oxygen atoms in total. The highest BCUT2D eigenvalue weighted by Gasteiger charge is 2.15. The van der Waals surface area contributed by atoms with Gasteiger partial charge in [0.1, 0.15) is 0 Å². The lowest BCUT2D eigenvalue weighted by molar-refractivity contribution is 0.0687. The first-order valence-corrected chi connectivity index (χ1v) is 7.37. The molecule has 0 aliphatic carbocycles. The zero-order chi connectivity index (χ0) is 18.0. The molecule has 0 spiro atoms. The largest absolute Gasteiger partial charge is 0.493 e. The van der Waals surface area contributed by atoms with Crippen LogP contribution in [0.25, 0.3) is 5.65 Å². The third kappa shape index (κ3) is 3.11. The van der Waals surface area contributed by atoms with Crippen molar-refractivity contribution < 1.29 is 19.4 Å². The van der Waals surface area contributed by atoms with Gasteiger partial charge in [-0.3, -0.25) is 0 Å². The van der Waals surface area contributed by atoms with Gasteiger partial charge in [-0.05, 0) is 29.8 Å². The molecule has 2 aromatic heterocycles. The highest BCUT2D eigenvalue weighted by atomic mass is 16.5. The van der Waals surface area contributed by atoms with Crippen molar-refractivity contribution in [1.82, 2.24) is 14.6 Å². The minimum absolute atomic E-state index is 0.00265. The van der Waals surface area contributed by atoms with Gasteiger partial charge in [0.25, 0.3) is 0 Å². The van der Waals surface area contributed by atoms with Crippen molar-refractivity contribution >= 4 is 23.3 Å². The van der Waals surface area contributed by atoms with Gasteiger partial charge in [-0.1, -0.05) is 6.07 Å². The molecule has 130 valence electrons. The second-order valence-electron chi connectivity index (χ2n) is 5.19. The molecule has 0 saturated heterocycles. The molecule has 0 radical (unpaired) electrons. The Balaban J connectivity index is 1.89. The first-order chi connectivity index (χ1) is 12.0. The fourth-order valence-corrected chi connectivity index (χ4v) is 2.47. The van der Waals surface area contributed by atoms with Gasteiger partial charge >= 0.3 is 5.97 Å². The fourth-order valence-electron chi connectivity index (χ4n) is 2.47. The van der Waals surface area contributed by atoms with Crippen LogP contribution in [0.1, 0.15) is 16.1 Å². The Kier molecular flexibility index (Phi) is 4.29. The lowest BCUT2D eigenvalue weighted by atomic mass is 10.2. The van der Waals surface area contributed by atoms with Gasteiger partial charge < -0.3 is 25.6 Å².